The lowest BCUT2D eigenvalue weighted by molar-refractivity contribution is -0.385. The van der Waals surface area contributed by atoms with Crippen LogP contribution in [0.1, 0.15) is 24.0 Å². The van der Waals surface area contributed by atoms with E-state index >= 15 is 0 Å². The minimum absolute atomic E-state index is 0.127. The smallest absolute Gasteiger partial charge is 0.334 e. The fourth-order valence-electron chi connectivity index (χ4n) is 1.99. The van der Waals surface area contributed by atoms with Crippen molar-refractivity contribution in [2.24, 2.45) is 0 Å². The molecule has 106 valence electrons. The van der Waals surface area contributed by atoms with Gasteiger partial charge in [-0.15, -0.1) is 0 Å². The van der Waals surface area contributed by atoms with Crippen LogP contribution in [-0.4, -0.2) is 31.2 Å². The minimum atomic E-state index is -0.475. The van der Waals surface area contributed by atoms with E-state index in [1.54, 1.807) is 6.92 Å². The normalized spacial score (nSPS) is 10.6. The minimum Gasteiger partial charge on any atom is -0.354 e. The van der Waals surface area contributed by atoms with Gasteiger partial charge >= 0.3 is 5.69 Å². The highest BCUT2D eigenvalue weighted by atomic mass is 16.6. The summed E-state index contributed by atoms with van der Waals surface area (Å²) in [5.41, 5.74) is 1.74. The molecule has 0 amide bonds. The lowest BCUT2D eigenvalue weighted by Gasteiger charge is -2.09. The molecule has 0 aliphatic carbocycles. The van der Waals surface area contributed by atoms with Crippen LogP contribution in [0.3, 0.4) is 0 Å². The van der Waals surface area contributed by atoms with Gasteiger partial charge in [-0.2, -0.15) is 10.1 Å². The van der Waals surface area contributed by atoms with Gasteiger partial charge in [-0.25, -0.2) is 9.67 Å². The molecule has 0 fully saturated rings. The van der Waals surface area contributed by atoms with Gasteiger partial charge in [0.25, 0.3) is 0 Å². The summed E-state index contributed by atoms with van der Waals surface area (Å²) >= 11 is 0. The van der Waals surface area contributed by atoms with E-state index in [-0.39, 0.29) is 11.5 Å². The molecule has 0 aromatic carbocycles. The van der Waals surface area contributed by atoms with Crippen molar-refractivity contribution in [3.63, 3.8) is 0 Å². The van der Waals surface area contributed by atoms with Gasteiger partial charge in [0.05, 0.1) is 10.6 Å². The van der Waals surface area contributed by atoms with Gasteiger partial charge in [0.2, 0.25) is 11.8 Å². The monoisotopic (exact) mass is 276 g/mol. The van der Waals surface area contributed by atoms with Crippen LogP contribution < -0.4 is 5.32 Å². The van der Waals surface area contributed by atoms with E-state index in [1.807, 2.05) is 26.8 Å². The number of nitrogens with zero attached hydrogens (tertiary/aromatic N) is 5. The summed E-state index contributed by atoms with van der Waals surface area (Å²) < 4.78 is 1.48. The van der Waals surface area contributed by atoms with Gasteiger partial charge < -0.3 is 5.32 Å². The van der Waals surface area contributed by atoms with Crippen LogP contribution in [0.15, 0.2) is 6.07 Å². The van der Waals surface area contributed by atoms with E-state index in [2.05, 4.69) is 20.4 Å². The highest BCUT2D eigenvalue weighted by molar-refractivity contribution is 5.53. The quantitative estimate of drug-likeness (QED) is 0.676. The van der Waals surface area contributed by atoms with Crippen LogP contribution >= 0.6 is 0 Å². The van der Waals surface area contributed by atoms with Crippen molar-refractivity contribution in [3.8, 4) is 5.82 Å². The maximum Gasteiger partial charge on any atom is 0.334 e. The molecule has 0 aliphatic rings. The Labute approximate surface area is 116 Å². The van der Waals surface area contributed by atoms with Crippen LogP contribution in [0, 0.1) is 30.9 Å². The van der Waals surface area contributed by atoms with Crippen molar-refractivity contribution in [1.82, 2.24) is 19.7 Å². The molecule has 2 heterocycles. The number of anilines is 1. The summed E-state index contributed by atoms with van der Waals surface area (Å²) in [4.78, 5) is 19.1. The molecule has 2 rings (SSSR count). The van der Waals surface area contributed by atoms with Crippen LogP contribution in [0.2, 0.25) is 0 Å². The standard InChI is InChI=1S/C12H16N6O2/c1-5-13-12-14-9(4)10(18(19)20)11(15-12)17-8(3)6-7(2)16-17/h6H,5H2,1-4H3,(H,13,14,15). The molecule has 2 aromatic heterocycles. The van der Waals surface area contributed by atoms with E-state index in [0.29, 0.717) is 18.2 Å². The molecule has 0 saturated heterocycles. The summed E-state index contributed by atoms with van der Waals surface area (Å²) in [5, 5.41) is 18.5. The molecule has 0 bridgehead atoms. The number of rotatable bonds is 4. The topological polar surface area (TPSA) is 98.8 Å². The maximum absolute atomic E-state index is 11.3. The zero-order valence-corrected chi connectivity index (χ0v) is 11.8. The highest BCUT2D eigenvalue weighted by Crippen LogP contribution is 2.26. The summed E-state index contributed by atoms with van der Waals surface area (Å²) in [6.45, 7) is 7.79. The molecule has 0 unspecified atom stereocenters. The molecule has 8 heteroatoms. The van der Waals surface area contributed by atoms with Gasteiger partial charge in [-0.3, -0.25) is 10.1 Å². The second-order valence-electron chi connectivity index (χ2n) is 4.43. The highest BCUT2D eigenvalue weighted by Gasteiger charge is 2.25. The molecule has 20 heavy (non-hydrogen) atoms. The largest absolute Gasteiger partial charge is 0.354 e. The average molecular weight is 276 g/mol. The number of hydrogen-bond donors (Lipinski definition) is 1. The predicted molar refractivity (Wildman–Crippen MR) is 74.2 cm³/mol. The third kappa shape index (κ3) is 2.44. The summed E-state index contributed by atoms with van der Waals surface area (Å²) in [6.07, 6.45) is 0. The first-order valence-electron chi connectivity index (χ1n) is 6.24. The van der Waals surface area contributed by atoms with Crippen molar-refractivity contribution >= 4 is 11.6 Å². The van der Waals surface area contributed by atoms with E-state index in [0.717, 1.165) is 11.4 Å². The first kappa shape index (κ1) is 13.9. The SMILES string of the molecule is CCNc1nc(C)c([N+](=O)[O-])c(-n2nc(C)cc2C)n1. The lowest BCUT2D eigenvalue weighted by atomic mass is 10.3. The molecule has 0 aliphatic heterocycles. The fourth-order valence-corrected chi connectivity index (χ4v) is 1.99. The first-order valence-corrected chi connectivity index (χ1v) is 6.24. The Bertz CT molecular complexity index is 664. The van der Waals surface area contributed by atoms with Crippen molar-refractivity contribution in [2.75, 3.05) is 11.9 Å². The zero-order valence-electron chi connectivity index (χ0n) is 11.8. The summed E-state index contributed by atoms with van der Waals surface area (Å²) in [5.74, 6) is 0.544. The van der Waals surface area contributed by atoms with Crippen LogP contribution in [-0.2, 0) is 0 Å². The first-order chi connectivity index (χ1) is 9.43. The van der Waals surface area contributed by atoms with Crippen molar-refractivity contribution in [2.45, 2.75) is 27.7 Å². The van der Waals surface area contributed by atoms with Gasteiger partial charge in [0, 0.05) is 12.2 Å². The molecule has 0 spiro atoms. The fraction of sp³-hybridized carbons (Fsp3) is 0.417. The molecule has 0 atom stereocenters. The molecule has 0 radical (unpaired) electrons. The molecule has 2 aromatic rings. The molecular formula is C12H16N6O2. The van der Waals surface area contributed by atoms with Crippen LogP contribution in [0.5, 0.6) is 0 Å². The number of nitrogens with one attached hydrogen (secondary N) is 1. The lowest BCUT2D eigenvalue weighted by Crippen LogP contribution is -2.12. The second kappa shape index (κ2) is 5.24. The van der Waals surface area contributed by atoms with Crippen LogP contribution in [0.4, 0.5) is 11.6 Å². The Hall–Kier alpha value is -2.51. The van der Waals surface area contributed by atoms with E-state index in [9.17, 15) is 10.1 Å². The molecule has 1 N–H and O–H groups in total. The number of aryl methyl sites for hydroxylation is 3. The Balaban J connectivity index is 2.70. The number of nitro groups is 1. The van der Waals surface area contributed by atoms with Crippen molar-refractivity contribution in [1.29, 1.82) is 0 Å². The number of aromatic nitrogens is 4. The Morgan fingerprint density at radius 1 is 1.35 bits per heavy atom. The molecular weight excluding hydrogens is 260 g/mol. The van der Waals surface area contributed by atoms with Gasteiger partial charge in [0.15, 0.2) is 0 Å². The van der Waals surface area contributed by atoms with Gasteiger partial charge in [-0.1, -0.05) is 0 Å². The van der Waals surface area contributed by atoms with E-state index in [1.165, 1.54) is 4.68 Å². The predicted octanol–water partition coefficient (Wildman–Crippen LogP) is 1.93. The van der Waals surface area contributed by atoms with E-state index in [4.69, 9.17) is 0 Å². The third-order valence-corrected chi connectivity index (χ3v) is 2.77. The van der Waals surface area contributed by atoms with Crippen molar-refractivity contribution in [3.05, 3.63) is 33.3 Å². The Kier molecular flexibility index (Phi) is 3.64. The van der Waals surface area contributed by atoms with Gasteiger partial charge in [0.1, 0.15) is 5.69 Å². The second-order valence-corrected chi connectivity index (χ2v) is 4.43. The maximum atomic E-state index is 11.3. The molecule has 8 nitrogen and oxygen atoms in total. The van der Waals surface area contributed by atoms with Crippen molar-refractivity contribution < 1.29 is 4.92 Å². The average Bonchev–Trinajstić information content (AvgIpc) is 2.67. The van der Waals surface area contributed by atoms with E-state index < -0.39 is 4.92 Å². The van der Waals surface area contributed by atoms with Crippen LogP contribution in [0.25, 0.3) is 5.82 Å². The zero-order chi connectivity index (χ0) is 14.9. The Morgan fingerprint density at radius 3 is 2.55 bits per heavy atom. The molecule has 0 saturated carbocycles. The summed E-state index contributed by atoms with van der Waals surface area (Å²) in [6, 6.07) is 1.84. The van der Waals surface area contributed by atoms with Gasteiger partial charge in [-0.05, 0) is 33.8 Å². The third-order valence-electron chi connectivity index (χ3n) is 2.77. The number of hydrogen-bond acceptors (Lipinski definition) is 6. The summed E-state index contributed by atoms with van der Waals surface area (Å²) in [7, 11) is 0. The Morgan fingerprint density at radius 2 is 2.05 bits per heavy atom.